The first-order valence-electron chi connectivity index (χ1n) is 8.81. The summed E-state index contributed by atoms with van der Waals surface area (Å²) in [6, 6.07) is 14.8. The van der Waals surface area contributed by atoms with E-state index in [1.807, 2.05) is 49.4 Å². The second kappa shape index (κ2) is 9.61. The zero-order valence-electron chi connectivity index (χ0n) is 15.5. The first-order chi connectivity index (χ1) is 13.6. The molecule has 28 heavy (non-hydrogen) atoms. The molecule has 0 saturated heterocycles. The van der Waals surface area contributed by atoms with Crippen LogP contribution in [0.4, 0.5) is 0 Å². The summed E-state index contributed by atoms with van der Waals surface area (Å²) >= 11 is 7.32. The number of ether oxygens (including phenoxy) is 1. The standard InChI is InChI=1S/C20H20ClN3O3S/c1-3-26-16-10-8-14(9-11-16)19-23-24-20(27-19)28-13(2)18(25)22-12-15-6-4-5-7-17(15)21/h4-11,13H,3,12H2,1-2H3,(H,22,25)/t13-/m0/s1. The van der Waals surface area contributed by atoms with Gasteiger partial charge in [-0.05, 0) is 49.7 Å². The summed E-state index contributed by atoms with van der Waals surface area (Å²) in [5.74, 6) is 1.05. The molecular weight excluding hydrogens is 398 g/mol. The van der Waals surface area contributed by atoms with Crippen molar-refractivity contribution in [2.45, 2.75) is 30.9 Å². The maximum Gasteiger partial charge on any atom is 0.277 e. The van der Waals surface area contributed by atoms with Crippen molar-refractivity contribution in [3.63, 3.8) is 0 Å². The summed E-state index contributed by atoms with van der Waals surface area (Å²) in [5, 5.41) is 11.5. The number of carbonyl (C=O) groups is 1. The summed E-state index contributed by atoms with van der Waals surface area (Å²) in [6.07, 6.45) is 0. The third-order valence-corrected chi connectivity index (χ3v) is 5.18. The summed E-state index contributed by atoms with van der Waals surface area (Å²) in [5.41, 5.74) is 1.66. The van der Waals surface area contributed by atoms with Crippen molar-refractivity contribution in [2.75, 3.05) is 6.61 Å². The Balaban J connectivity index is 1.56. The number of aromatic nitrogens is 2. The smallest absolute Gasteiger partial charge is 0.277 e. The van der Waals surface area contributed by atoms with E-state index in [0.717, 1.165) is 16.9 Å². The van der Waals surface area contributed by atoms with Gasteiger partial charge in [-0.3, -0.25) is 4.79 Å². The largest absolute Gasteiger partial charge is 0.494 e. The highest BCUT2D eigenvalue weighted by molar-refractivity contribution is 8.00. The number of nitrogens with one attached hydrogen (secondary N) is 1. The van der Waals surface area contributed by atoms with Crippen LogP contribution in [0.15, 0.2) is 58.2 Å². The molecule has 1 aromatic heterocycles. The number of halogens is 1. The number of carbonyl (C=O) groups excluding carboxylic acids is 1. The maximum absolute atomic E-state index is 12.3. The third-order valence-electron chi connectivity index (χ3n) is 3.88. The number of hydrogen-bond donors (Lipinski definition) is 1. The van der Waals surface area contributed by atoms with E-state index in [2.05, 4.69) is 15.5 Å². The molecule has 0 aliphatic rings. The molecule has 0 spiro atoms. The molecule has 0 aliphatic heterocycles. The Morgan fingerprint density at radius 1 is 1.21 bits per heavy atom. The van der Waals surface area contributed by atoms with Crippen molar-refractivity contribution in [1.29, 1.82) is 0 Å². The lowest BCUT2D eigenvalue weighted by Crippen LogP contribution is -2.30. The first kappa shape index (κ1) is 20.2. The number of hydrogen-bond acceptors (Lipinski definition) is 6. The number of amides is 1. The minimum absolute atomic E-state index is 0.134. The van der Waals surface area contributed by atoms with Gasteiger partial charge in [0, 0.05) is 17.1 Å². The van der Waals surface area contributed by atoms with Gasteiger partial charge in [0.25, 0.3) is 5.22 Å². The fourth-order valence-corrected chi connectivity index (χ4v) is 3.32. The van der Waals surface area contributed by atoms with Gasteiger partial charge in [0.05, 0.1) is 11.9 Å². The molecule has 0 aliphatic carbocycles. The number of thioether (sulfide) groups is 1. The molecule has 0 saturated carbocycles. The molecule has 0 unspecified atom stereocenters. The van der Waals surface area contributed by atoms with E-state index in [9.17, 15) is 4.79 Å². The number of rotatable bonds is 8. The van der Waals surface area contributed by atoms with Gasteiger partial charge in [0.15, 0.2) is 0 Å². The second-order valence-corrected chi connectivity index (χ2v) is 7.60. The van der Waals surface area contributed by atoms with Gasteiger partial charge in [-0.25, -0.2) is 0 Å². The van der Waals surface area contributed by atoms with E-state index in [1.165, 1.54) is 11.8 Å². The Hall–Kier alpha value is -2.51. The summed E-state index contributed by atoms with van der Waals surface area (Å²) in [7, 11) is 0. The molecule has 1 amide bonds. The van der Waals surface area contributed by atoms with Gasteiger partial charge in [0.2, 0.25) is 11.8 Å². The third kappa shape index (κ3) is 5.27. The first-order valence-corrected chi connectivity index (χ1v) is 10.1. The van der Waals surface area contributed by atoms with E-state index in [-0.39, 0.29) is 5.91 Å². The van der Waals surface area contributed by atoms with Crippen LogP contribution in [0.3, 0.4) is 0 Å². The predicted molar refractivity (Wildman–Crippen MR) is 110 cm³/mol. The molecule has 8 heteroatoms. The van der Waals surface area contributed by atoms with Crippen molar-refractivity contribution >= 4 is 29.3 Å². The van der Waals surface area contributed by atoms with Gasteiger partial charge in [-0.15, -0.1) is 10.2 Å². The summed E-state index contributed by atoms with van der Waals surface area (Å²) in [6.45, 7) is 4.69. The number of benzene rings is 2. The topological polar surface area (TPSA) is 77.2 Å². The Bertz CT molecular complexity index is 930. The lowest BCUT2D eigenvalue weighted by molar-refractivity contribution is -0.120. The van der Waals surface area contributed by atoms with Crippen molar-refractivity contribution in [3.05, 3.63) is 59.1 Å². The summed E-state index contributed by atoms with van der Waals surface area (Å²) in [4.78, 5) is 12.3. The summed E-state index contributed by atoms with van der Waals surface area (Å²) < 4.78 is 11.1. The van der Waals surface area contributed by atoms with Crippen LogP contribution in [0.2, 0.25) is 5.02 Å². The fraction of sp³-hybridized carbons (Fsp3) is 0.250. The van der Waals surface area contributed by atoms with Crippen LogP contribution in [0, 0.1) is 0 Å². The Labute approximate surface area is 172 Å². The molecule has 146 valence electrons. The average Bonchev–Trinajstić information content (AvgIpc) is 3.16. The van der Waals surface area contributed by atoms with Crippen molar-refractivity contribution < 1.29 is 13.9 Å². The SMILES string of the molecule is CCOc1ccc(-c2nnc(S[C@@H](C)C(=O)NCc3ccccc3Cl)o2)cc1. The molecule has 0 radical (unpaired) electrons. The quantitative estimate of drug-likeness (QED) is 0.540. The Morgan fingerprint density at radius 2 is 1.96 bits per heavy atom. The molecule has 3 aromatic rings. The molecule has 6 nitrogen and oxygen atoms in total. The molecule has 1 N–H and O–H groups in total. The molecule has 0 bridgehead atoms. The molecular formula is C20H20ClN3O3S. The van der Waals surface area contributed by atoms with Crippen molar-refractivity contribution in [3.8, 4) is 17.2 Å². The van der Waals surface area contributed by atoms with Crippen molar-refractivity contribution in [1.82, 2.24) is 15.5 Å². The van der Waals surface area contributed by atoms with Crippen LogP contribution in [0.25, 0.3) is 11.5 Å². The maximum atomic E-state index is 12.3. The zero-order chi connectivity index (χ0) is 19.9. The lowest BCUT2D eigenvalue weighted by atomic mass is 10.2. The predicted octanol–water partition coefficient (Wildman–Crippen LogP) is 4.59. The fourth-order valence-electron chi connectivity index (χ4n) is 2.41. The average molecular weight is 418 g/mol. The molecule has 3 rings (SSSR count). The van der Waals surface area contributed by atoms with E-state index in [0.29, 0.717) is 29.3 Å². The van der Waals surface area contributed by atoms with Gasteiger partial charge in [-0.2, -0.15) is 0 Å². The van der Waals surface area contributed by atoms with Crippen LogP contribution >= 0.6 is 23.4 Å². The highest BCUT2D eigenvalue weighted by Crippen LogP contribution is 2.27. The van der Waals surface area contributed by atoms with E-state index in [1.54, 1.807) is 13.0 Å². The van der Waals surface area contributed by atoms with E-state index in [4.69, 9.17) is 20.8 Å². The molecule has 0 fully saturated rings. The zero-order valence-corrected chi connectivity index (χ0v) is 17.1. The van der Waals surface area contributed by atoms with Crippen LogP contribution in [-0.4, -0.2) is 28.0 Å². The normalized spacial score (nSPS) is 11.8. The number of nitrogens with zero attached hydrogens (tertiary/aromatic N) is 2. The molecule has 1 heterocycles. The van der Waals surface area contributed by atoms with Crippen LogP contribution < -0.4 is 10.1 Å². The van der Waals surface area contributed by atoms with Crippen molar-refractivity contribution in [2.24, 2.45) is 0 Å². The van der Waals surface area contributed by atoms with Gasteiger partial charge in [0.1, 0.15) is 5.75 Å². The van der Waals surface area contributed by atoms with Gasteiger partial charge in [-0.1, -0.05) is 41.6 Å². The Kier molecular flexibility index (Phi) is 6.95. The van der Waals surface area contributed by atoms with Gasteiger partial charge >= 0.3 is 0 Å². The minimum Gasteiger partial charge on any atom is -0.494 e. The van der Waals surface area contributed by atoms with Crippen LogP contribution in [-0.2, 0) is 11.3 Å². The molecule has 1 atom stereocenters. The lowest BCUT2D eigenvalue weighted by Gasteiger charge is -2.10. The highest BCUT2D eigenvalue weighted by atomic mass is 35.5. The second-order valence-electron chi connectivity index (χ2n) is 5.90. The van der Waals surface area contributed by atoms with E-state index >= 15 is 0 Å². The Morgan fingerprint density at radius 3 is 2.68 bits per heavy atom. The highest BCUT2D eigenvalue weighted by Gasteiger charge is 2.19. The van der Waals surface area contributed by atoms with Crippen LogP contribution in [0.1, 0.15) is 19.4 Å². The molecule has 2 aromatic carbocycles. The monoisotopic (exact) mass is 417 g/mol. The van der Waals surface area contributed by atoms with Crippen LogP contribution in [0.5, 0.6) is 5.75 Å². The van der Waals surface area contributed by atoms with E-state index < -0.39 is 5.25 Å². The minimum atomic E-state index is -0.392. The van der Waals surface area contributed by atoms with Gasteiger partial charge < -0.3 is 14.5 Å².